The van der Waals surface area contributed by atoms with Gasteiger partial charge in [-0.2, -0.15) is 8.42 Å². The zero-order chi connectivity index (χ0) is 18.7. The van der Waals surface area contributed by atoms with Gasteiger partial charge in [-0.1, -0.05) is 11.6 Å². The molecule has 9 nitrogen and oxygen atoms in total. The van der Waals surface area contributed by atoms with Crippen molar-refractivity contribution in [1.82, 2.24) is 4.90 Å². The largest absolute Gasteiger partial charge is 0.506 e. The molecule has 0 bridgehead atoms. The summed E-state index contributed by atoms with van der Waals surface area (Å²) >= 11 is 5.70. The first kappa shape index (κ1) is 20.2. The van der Waals surface area contributed by atoms with Crippen molar-refractivity contribution in [2.24, 2.45) is 0 Å². The summed E-state index contributed by atoms with van der Waals surface area (Å²) in [4.78, 5) is 23.3. The zero-order valence-corrected chi connectivity index (χ0v) is 14.3. The average Bonchev–Trinajstić information content (AvgIpc) is 2.40. The average molecular weight is 382 g/mol. The van der Waals surface area contributed by atoms with Crippen molar-refractivity contribution in [1.29, 1.82) is 0 Å². The summed E-state index contributed by atoms with van der Waals surface area (Å²) < 4.78 is 36.2. The van der Waals surface area contributed by atoms with Crippen LogP contribution in [0, 0.1) is 0 Å². The van der Waals surface area contributed by atoms with Gasteiger partial charge in [-0.25, -0.2) is 0 Å². The number of hydrogen-bond acceptors (Lipinski definition) is 7. The van der Waals surface area contributed by atoms with Crippen molar-refractivity contribution in [2.75, 3.05) is 20.7 Å². The predicted octanol–water partition coefficient (Wildman–Crippen LogP) is 0.393. The van der Waals surface area contributed by atoms with Crippen molar-refractivity contribution in [2.45, 2.75) is 17.4 Å². The number of nitrogens with zero attached hydrogens (tertiary/aromatic N) is 1. The van der Waals surface area contributed by atoms with Crippen molar-refractivity contribution < 1.29 is 37.5 Å². The number of carboxylic acids is 1. The van der Waals surface area contributed by atoms with Crippen LogP contribution in [0.2, 0.25) is 5.02 Å². The summed E-state index contributed by atoms with van der Waals surface area (Å²) in [5, 5.41) is 18.7. The Morgan fingerprint density at radius 1 is 1.33 bits per heavy atom. The number of phenolic OH excluding ortho intramolecular Hbond substituents is 1. The quantitative estimate of drug-likeness (QED) is 0.451. The Morgan fingerprint density at radius 2 is 1.92 bits per heavy atom. The molecule has 1 rings (SSSR count). The van der Waals surface area contributed by atoms with Gasteiger partial charge in [0.05, 0.1) is 6.42 Å². The van der Waals surface area contributed by atoms with Crippen LogP contribution in [-0.4, -0.2) is 66.8 Å². The molecule has 0 radical (unpaired) electrons. The van der Waals surface area contributed by atoms with E-state index >= 15 is 0 Å². The van der Waals surface area contributed by atoms with Crippen LogP contribution in [0.15, 0.2) is 17.0 Å². The predicted molar refractivity (Wildman–Crippen MR) is 82.7 cm³/mol. The number of carbonyl (C=O) groups excluding carboxylic acids is 1. The number of phenols is 1. The first-order valence-electron chi connectivity index (χ1n) is 6.47. The minimum Gasteiger partial charge on any atom is -0.506 e. The Hall–Kier alpha value is -1.88. The van der Waals surface area contributed by atoms with Crippen LogP contribution in [-0.2, 0) is 30.9 Å². The van der Waals surface area contributed by atoms with Crippen LogP contribution in [0.3, 0.4) is 0 Å². The molecule has 3 N–H and O–H groups in total. The minimum atomic E-state index is -4.73. The van der Waals surface area contributed by atoms with Crippen molar-refractivity contribution in [3.8, 4) is 5.75 Å². The molecule has 0 saturated heterocycles. The Morgan fingerprint density at radius 3 is 2.38 bits per heavy atom. The van der Waals surface area contributed by atoms with E-state index in [-0.39, 0.29) is 10.6 Å². The van der Waals surface area contributed by atoms with E-state index in [1.165, 1.54) is 19.0 Å². The fraction of sp³-hybridized carbons (Fsp3) is 0.385. The van der Waals surface area contributed by atoms with E-state index in [2.05, 4.69) is 0 Å². The van der Waals surface area contributed by atoms with Crippen LogP contribution < -0.4 is 0 Å². The monoisotopic (exact) mass is 381 g/mol. The molecular weight excluding hydrogens is 366 g/mol. The van der Waals surface area contributed by atoms with Crippen LogP contribution in [0.1, 0.15) is 5.56 Å². The normalized spacial score (nSPS) is 12.9. The zero-order valence-electron chi connectivity index (χ0n) is 12.8. The van der Waals surface area contributed by atoms with E-state index in [1.54, 1.807) is 0 Å². The van der Waals surface area contributed by atoms with Gasteiger partial charge in [-0.3, -0.25) is 19.0 Å². The highest BCUT2D eigenvalue weighted by atomic mass is 35.5. The molecule has 0 saturated carbocycles. The summed E-state index contributed by atoms with van der Waals surface area (Å²) in [6.45, 7) is -0.437. The molecule has 11 heteroatoms. The number of carbonyl (C=O) groups is 2. The second-order valence-corrected chi connectivity index (χ2v) is 6.89. The fourth-order valence-corrected chi connectivity index (χ4v) is 2.74. The third-order valence-electron chi connectivity index (χ3n) is 3.04. The summed E-state index contributed by atoms with van der Waals surface area (Å²) in [7, 11) is -1.75. The Balaban J connectivity index is 2.92. The van der Waals surface area contributed by atoms with Crippen molar-refractivity contribution in [3.05, 3.63) is 22.7 Å². The maximum Gasteiger partial charge on any atom is 0.324 e. The number of likely N-dealkylation sites (N-methyl/N-ethyl adjacent to an activating group) is 1. The van der Waals surface area contributed by atoms with E-state index in [0.717, 1.165) is 12.1 Å². The van der Waals surface area contributed by atoms with Crippen LogP contribution in [0.25, 0.3) is 0 Å². The van der Waals surface area contributed by atoms with Gasteiger partial charge in [0.15, 0.2) is 0 Å². The summed E-state index contributed by atoms with van der Waals surface area (Å²) in [5.41, 5.74) is -0.183. The number of hydrogen-bond donors (Lipinski definition) is 3. The van der Waals surface area contributed by atoms with Gasteiger partial charge in [0.2, 0.25) is 0 Å². The number of ether oxygens (including phenoxy) is 1. The van der Waals surface area contributed by atoms with Crippen LogP contribution in [0.5, 0.6) is 5.75 Å². The molecular formula is C13H16ClNO8S. The molecule has 1 atom stereocenters. The van der Waals surface area contributed by atoms with Crippen LogP contribution in [0.4, 0.5) is 0 Å². The Kier molecular flexibility index (Phi) is 6.55. The highest BCUT2D eigenvalue weighted by Crippen LogP contribution is 2.31. The Labute approximate surface area is 143 Å². The lowest BCUT2D eigenvalue weighted by atomic mass is 10.1. The molecule has 0 aromatic heterocycles. The van der Waals surface area contributed by atoms with E-state index in [9.17, 15) is 23.1 Å². The lowest BCUT2D eigenvalue weighted by Crippen LogP contribution is -2.40. The van der Waals surface area contributed by atoms with Crippen molar-refractivity contribution >= 4 is 33.7 Å². The molecule has 0 amide bonds. The van der Waals surface area contributed by atoms with Gasteiger partial charge >= 0.3 is 11.9 Å². The SMILES string of the molecule is CN(C)[C@@H](COC(=O)Cc1cc(Cl)cc(S(=O)(=O)O)c1O)C(=O)O. The van der Waals surface area contributed by atoms with E-state index in [0.29, 0.717) is 0 Å². The highest BCUT2D eigenvalue weighted by molar-refractivity contribution is 7.86. The molecule has 134 valence electrons. The molecule has 24 heavy (non-hydrogen) atoms. The number of aliphatic carboxylic acids is 1. The molecule has 0 aliphatic carbocycles. The number of rotatable bonds is 7. The summed E-state index contributed by atoms with van der Waals surface area (Å²) in [6, 6.07) is 0.899. The first-order chi connectivity index (χ1) is 10.9. The number of aromatic hydroxyl groups is 1. The van der Waals surface area contributed by atoms with Gasteiger partial charge in [-0.15, -0.1) is 0 Å². The molecule has 0 aliphatic heterocycles. The van der Waals surface area contributed by atoms with Gasteiger partial charge in [0.25, 0.3) is 10.1 Å². The molecule has 0 heterocycles. The lowest BCUT2D eigenvalue weighted by molar-refractivity contribution is -0.151. The molecule has 0 fully saturated rings. The molecule has 0 aliphatic rings. The molecule has 0 spiro atoms. The van der Waals surface area contributed by atoms with E-state index < -0.39 is 51.8 Å². The standard InChI is InChI=1S/C13H16ClNO8S/c1-15(2)9(13(18)19)6-23-11(16)4-7-3-8(14)5-10(12(7)17)24(20,21)22/h3,5,9,17H,4,6H2,1-2H3,(H,18,19)(H,20,21,22)/t9-/m0/s1. The van der Waals surface area contributed by atoms with Gasteiger partial charge in [0.1, 0.15) is 23.3 Å². The first-order valence-corrected chi connectivity index (χ1v) is 8.29. The number of benzene rings is 1. The maximum absolute atomic E-state index is 11.8. The van der Waals surface area contributed by atoms with Gasteiger partial charge < -0.3 is 14.9 Å². The number of esters is 1. The van der Waals surface area contributed by atoms with Gasteiger partial charge in [-0.05, 0) is 26.2 Å². The fourth-order valence-electron chi connectivity index (χ4n) is 1.78. The summed E-state index contributed by atoms with van der Waals surface area (Å²) in [5.74, 6) is -2.92. The Bertz CT molecular complexity index is 747. The minimum absolute atomic E-state index is 0.125. The van der Waals surface area contributed by atoms with E-state index in [1.807, 2.05) is 0 Å². The third kappa shape index (κ3) is 5.34. The maximum atomic E-state index is 11.8. The molecule has 0 unspecified atom stereocenters. The second-order valence-electron chi connectivity index (χ2n) is 5.06. The molecule has 1 aromatic carbocycles. The molecule has 1 aromatic rings. The van der Waals surface area contributed by atoms with Crippen molar-refractivity contribution in [3.63, 3.8) is 0 Å². The topological polar surface area (TPSA) is 141 Å². The highest BCUT2D eigenvalue weighted by Gasteiger charge is 2.24. The third-order valence-corrected chi connectivity index (χ3v) is 4.13. The lowest BCUT2D eigenvalue weighted by Gasteiger charge is -2.19. The second kappa shape index (κ2) is 7.79. The smallest absolute Gasteiger partial charge is 0.324 e. The van der Waals surface area contributed by atoms with Gasteiger partial charge in [0, 0.05) is 10.6 Å². The number of carboxylic acid groups (broad SMARTS) is 1. The number of halogens is 1. The van der Waals surface area contributed by atoms with Crippen LogP contribution >= 0.6 is 11.6 Å². The van der Waals surface area contributed by atoms with E-state index in [4.69, 9.17) is 26.0 Å². The summed E-state index contributed by atoms with van der Waals surface area (Å²) in [6.07, 6.45) is -0.561.